The SMILES string of the molecule is CS1(C)c2cccc(c2)N(c2ccc3ccccc3c2)c2cccc(c2Cl)N(c2ccc3ccccc3c2)c2cccc1c2. The summed E-state index contributed by atoms with van der Waals surface area (Å²) < 4.78 is 0. The molecule has 7 aromatic rings. The molecule has 0 saturated carbocycles. The molecule has 0 aliphatic carbocycles. The first kappa shape index (κ1) is 26.9. The molecule has 2 nitrogen and oxygen atoms in total. The van der Waals surface area contributed by atoms with Crippen LogP contribution in [0.5, 0.6) is 0 Å². The van der Waals surface area contributed by atoms with Crippen molar-refractivity contribution in [2.45, 2.75) is 9.79 Å². The standard InChI is InChI=1S/C40H31ClN2S/c1-44(2)36-16-7-14-32(26-36)42(34-22-20-28-10-3-5-12-30(28)24-34)38-18-9-19-39(40(38)41)43(33-15-8-17-37(44)27-33)35-23-21-29-11-4-6-13-31(29)25-35/h3-27H,1-2H3. The number of hydrogen-bond donors (Lipinski definition) is 0. The average molecular weight is 607 g/mol. The van der Waals surface area contributed by atoms with Gasteiger partial charge in [-0.05, 0) is 117 Å². The highest BCUT2D eigenvalue weighted by atomic mass is 35.5. The van der Waals surface area contributed by atoms with Crippen LogP contribution in [0.25, 0.3) is 21.5 Å². The monoisotopic (exact) mass is 606 g/mol. The van der Waals surface area contributed by atoms with Gasteiger partial charge in [0.1, 0.15) is 0 Å². The molecule has 0 spiro atoms. The molecule has 1 heterocycles. The van der Waals surface area contributed by atoms with E-state index in [0.29, 0.717) is 5.02 Å². The van der Waals surface area contributed by atoms with E-state index in [9.17, 15) is 0 Å². The fourth-order valence-corrected chi connectivity index (χ4v) is 8.59. The van der Waals surface area contributed by atoms with Gasteiger partial charge in [-0.15, -0.1) is 0 Å². The van der Waals surface area contributed by atoms with E-state index in [2.05, 4.69) is 174 Å². The zero-order valence-corrected chi connectivity index (χ0v) is 26.2. The minimum atomic E-state index is -1.35. The van der Waals surface area contributed by atoms with E-state index in [4.69, 9.17) is 11.6 Å². The Kier molecular flexibility index (Phi) is 6.41. The van der Waals surface area contributed by atoms with E-state index >= 15 is 0 Å². The summed E-state index contributed by atoms with van der Waals surface area (Å²) in [7, 11) is -1.35. The second-order valence-electron chi connectivity index (χ2n) is 11.7. The van der Waals surface area contributed by atoms with Gasteiger partial charge in [-0.1, -0.05) is 90.5 Å². The predicted octanol–water partition coefficient (Wildman–Crippen LogP) is 12.4. The van der Waals surface area contributed by atoms with Crippen LogP contribution in [0.15, 0.2) is 161 Å². The van der Waals surface area contributed by atoms with Crippen LogP contribution in [-0.2, 0) is 0 Å². The summed E-state index contributed by atoms with van der Waals surface area (Å²) in [6, 6.07) is 54.7. The zero-order chi connectivity index (χ0) is 29.8. The van der Waals surface area contributed by atoms with Crippen LogP contribution in [0.2, 0.25) is 5.02 Å². The number of hydrogen-bond acceptors (Lipinski definition) is 2. The Morgan fingerprint density at radius 2 is 0.818 bits per heavy atom. The number of benzene rings is 7. The summed E-state index contributed by atoms with van der Waals surface area (Å²) in [6.45, 7) is 0. The van der Waals surface area contributed by atoms with Crippen molar-refractivity contribution in [1.29, 1.82) is 0 Å². The molecule has 8 rings (SSSR count). The van der Waals surface area contributed by atoms with Gasteiger partial charge in [0.05, 0.1) is 16.4 Å². The third kappa shape index (κ3) is 4.43. The molecule has 6 bridgehead atoms. The zero-order valence-electron chi connectivity index (χ0n) is 24.6. The number of halogens is 1. The lowest BCUT2D eigenvalue weighted by Gasteiger charge is -2.37. The van der Waals surface area contributed by atoms with Crippen LogP contribution in [0.3, 0.4) is 0 Å². The van der Waals surface area contributed by atoms with Crippen molar-refractivity contribution in [2.24, 2.45) is 0 Å². The maximum atomic E-state index is 7.57. The first-order valence-corrected chi connectivity index (χ1v) is 17.6. The van der Waals surface area contributed by atoms with Gasteiger partial charge in [0.25, 0.3) is 0 Å². The minimum absolute atomic E-state index is 0.691. The molecule has 0 amide bonds. The molecule has 0 N–H and O–H groups in total. The molecule has 4 heteroatoms. The van der Waals surface area contributed by atoms with Gasteiger partial charge in [-0.25, -0.2) is 0 Å². The Balaban J connectivity index is 1.44. The third-order valence-electron chi connectivity index (χ3n) is 8.75. The first-order valence-electron chi connectivity index (χ1n) is 14.8. The molecule has 1 aliphatic rings. The molecule has 0 saturated heterocycles. The molecule has 0 fully saturated rings. The van der Waals surface area contributed by atoms with E-state index in [-0.39, 0.29) is 0 Å². The lowest BCUT2D eigenvalue weighted by atomic mass is 10.1. The smallest absolute Gasteiger partial charge is 0.0887 e. The second kappa shape index (κ2) is 10.5. The Hall–Kier alpha value is -4.70. The second-order valence-corrected chi connectivity index (χ2v) is 15.6. The maximum Gasteiger partial charge on any atom is 0.0887 e. The average Bonchev–Trinajstić information content (AvgIpc) is 3.06. The summed E-state index contributed by atoms with van der Waals surface area (Å²) in [4.78, 5) is 7.27. The summed E-state index contributed by atoms with van der Waals surface area (Å²) in [5, 5.41) is 5.50. The largest absolute Gasteiger partial charge is 0.309 e. The Morgan fingerprint density at radius 3 is 1.30 bits per heavy atom. The van der Waals surface area contributed by atoms with Crippen molar-refractivity contribution in [3.63, 3.8) is 0 Å². The van der Waals surface area contributed by atoms with Crippen LogP contribution in [0.1, 0.15) is 0 Å². The van der Waals surface area contributed by atoms with Crippen molar-refractivity contribution in [3.05, 3.63) is 157 Å². The molecule has 1 aliphatic heterocycles. The van der Waals surface area contributed by atoms with E-state index in [1.807, 2.05) is 0 Å². The molecular weight excluding hydrogens is 576 g/mol. The van der Waals surface area contributed by atoms with E-state index < -0.39 is 10.0 Å². The Bertz CT molecular complexity index is 2050. The van der Waals surface area contributed by atoms with Gasteiger partial charge in [0, 0.05) is 22.7 Å². The fourth-order valence-electron chi connectivity index (χ4n) is 6.36. The molecule has 0 unspecified atom stereocenters. The molecular formula is C40H31ClN2S. The molecule has 0 aromatic heterocycles. The van der Waals surface area contributed by atoms with Crippen LogP contribution < -0.4 is 9.80 Å². The highest BCUT2D eigenvalue weighted by Gasteiger charge is 2.26. The predicted molar refractivity (Wildman–Crippen MR) is 192 cm³/mol. The first-order chi connectivity index (χ1) is 21.5. The van der Waals surface area contributed by atoms with Crippen LogP contribution in [0, 0.1) is 0 Å². The number of rotatable bonds is 2. The molecule has 0 atom stereocenters. The number of nitrogens with zero attached hydrogens (tertiary/aromatic N) is 2. The van der Waals surface area contributed by atoms with Gasteiger partial charge in [-0.3, -0.25) is 0 Å². The van der Waals surface area contributed by atoms with Crippen molar-refractivity contribution >= 4 is 77.3 Å². The van der Waals surface area contributed by atoms with Gasteiger partial charge in [-0.2, -0.15) is 10.0 Å². The summed E-state index contributed by atoms with van der Waals surface area (Å²) in [5.41, 5.74) is 6.19. The number of fused-ring (bicyclic) bond motifs is 8. The van der Waals surface area contributed by atoms with Crippen LogP contribution in [-0.4, -0.2) is 12.5 Å². The molecule has 214 valence electrons. The summed E-state index contributed by atoms with van der Waals surface area (Å²) in [5.74, 6) is 0. The van der Waals surface area contributed by atoms with Crippen molar-refractivity contribution in [1.82, 2.24) is 0 Å². The third-order valence-corrected chi connectivity index (χ3v) is 12.0. The Morgan fingerprint density at radius 1 is 0.409 bits per heavy atom. The molecule has 44 heavy (non-hydrogen) atoms. The topological polar surface area (TPSA) is 6.48 Å². The summed E-state index contributed by atoms with van der Waals surface area (Å²) in [6.07, 6.45) is 4.79. The number of anilines is 6. The maximum absolute atomic E-state index is 7.57. The van der Waals surface area contributed by atoms with Crippen LogP contribution >= 0.6 is 21.6 Å². The molecule has 0 radical (unpaired) electrons. The normalized spacial score (nSPS) is 14.6. The van der Waals surface area contributed by atoms with E-state index in [1.165, 1.54) is 31.3 Å². The lowest BCUT2D eigenvalue weighted by molar-refractivity contribution is 1.22. The lowest BCUT2D eigenvalue weighted by Crippen LogP contribution is -2.15. The Labute approximate surface area is 265 Å². The van der Waals surface area contributed by atoms with E-state index in [1.54, 1.807) is 0 Å². The summed E-state index contributed by atoms with van der Waals surface area (Å²) >= 11 is 7.57. The van der Waals surface area contributed by atoms with Gasteiger partial charge >= 0.3 is 0 Å². The van der Waals surface area contributed by atoms with Gasteiger partial charge in [0.2, 0.25) is 0 Å². The fraction of sp³-hybridized carbons (Fsp3) is 0.0500. The highest BCUT2D eigenvalue weighted by molar-refractivity contribution is 8.32. The quantitative estimate of drug-likeness (QED) is 0.193. The van der Waals surface area contributed by atoms with Crippen LogP contribution in [0.4, 0.5) is 34.1 Å². The van der Waals surface area contributed by atoms with Gasteiger partial charge < -0.3 is 9.80 Å². The highest BCUT2D eigenvalue weighted by Crippen LogP contribution is 2.59. The van der Waals surface area contributed by atoms with Gasteiger partial charge in [0.15, 0.2) is 0 Å². The van der Waals surface area contributed by atoms with E-state index in [0.717, 1.165) is 34.1 Å². The minimum Gasteiger partial charge on any atom is -0.309 e. The van der Waals surface area contributed by atoms with Crippen molar-refractivity contribution in [3.8, 4) is 0 Å². The van der Waals surface area contributed by atoms with Crippen molar-refractivity contribution in [2.75, 3.05) is 22.3 Å². The van der Waals surface area contributed by atoms with Crippen molar-refractivity contribution < 1.29 is 0 Å². The molecule has 7 aromatic carbocycles.